The summed E-state index contributed by atoms with van der Waals surface area (Å²) in [6.07, 6.45) is 5.11. The van der Waals surface area contributed by atoms with Crippen LogP contribution in [-0.2, 0) is 11.3 Å². The number of carbonyl (C=O) groups excluding carboxylic acids is 2. The number of aromatic nitrogens is 4. The molecule has 0 atom stereocenters. The van der Waals surface area contributed by atoms with E-state index in [0.717, 1.165) is 16.9 Å². The molecule has 2 aromatic heterocycles. The van der Waals surface area contributed by atoms with E-state index >= 15 is 0 Å². The Kier molecular flexibility index (Phi) is 6.12. The highest BCUT2D eigenvalue weighted by molar-refractivity contribution is 5.94. The third-order valence-electron chi connectivity index (χ3n) is 4.99. The van der Waals surface area contributed by atoms with Gasteiger partial charge in [-0.05, 0) is 50.2 Å². The number of nitrogens with zero attached hydrogens (tertiary/aromatic N) is 4. The highest BCUT2D eigenvalue weighted by Crippen LogP contribution is 2.16. The molecule has 1 amide bonds. The van der Waals surface area contributed by atoms with Gasteiger partial charge in [-0.25, -0.2) is 14.2 Å². The lowest BCUT2D eigenvalue weighted by Gasteiger charge is -2.08. The standard InChI is InChI=1S/C24H23N5O3/c1-3-32-24(31)22-15-27-29(17(22)2)21-11-9-19(10-12-21)23(30)25-13-18-14-26-28(16-18)20-7-5-4-6-8-20/h4-12,14-16H,3,13H2,1-2H3,(H,25,30). The molecule has 4 rings (SSSR count). The second kappa shape index (κ2) is 9.30. The zero-order chi connectivity index (χ0) is 22.5. The van der Waals surface area contributed by atoms with Gasteiger partial charge < -0.3 is 10.1 Å². The molecular formula is C24H23N5O3. The molecule has 0 fully saturated rings. The van der Waals surface area contributed by atoms with Gasteiger partial charge in [0.15, 0.2) is 0 Å². The lowest BCUT2D eigenvalue weighted by atomic mass is 10.2. The van der Waals surface area contributed by atoms with Crippen molar-refractivity contribution in [3.63, 3.8) is 0 Å². The molecule has 8 heteroatoms. The number of hydrogen-bond acceptors (Lipinski definition) is 5. The van der Waals surface area contributed by atoms with E-state index in [0.29, 0.717) is 30.0 Å². The molecule has 0 aliphatic rings. The number of hydrogen-bond donors (Lipinski definition) is 1. The highest BCUT2D eigenvalue weighted by Gasteiger charge is 2.16. The molecule has 8 nitrogen and oxygen atoms in total. The van der Waals surface area contributed by atoms with Crippen LogP contribution in [0.3, 0.4) is 0 Å². The summed E-state index contributed by atoms with van der Waals surface area (Å²) in [5, 5.41) is 11.5. The van der Waals surface area contributed by atoms with Crippen molar-refractivity contribution in [2.24, 2.45) is 0 Å². The van der Waals surface area contributed by atoms with Crippen LogP contribution >= 0.6 is 0 Å². The summed E-state index contributed by atoms with van der Waals surface area (Å²) < 4.78 is 8.46. The predicted octanol–water partition coefficient (Wildman–Crippen LogP) is 3.47. The second-order valence-electron chi connectivity index (χ2n) is 7.13. The van der Waals surface area contributed by atoms with Gasteiger partial charge >= 0.3 is 5.97 Å². The molecule has 0 spiro atoms. The number of ether oxygens (including phenoxy) is 1. The molecule has 2 aromatic carbocycles. The van der Waals surface area contributed by atoms with Crippen LogP contribution in [0.1, 0.15) is 38.9 Å². The van der Waals surface area contributed by atoms with Gasteiger partial charge in [-0.1, -0.05) is 18.2 Å². The van der Waals surface area contributed by atoms with Crippen molar-refractivity contribution in [2.75, 3.05) is 6.61 Å². The summed E-state index contributed by atoms with van der Waals surface area (Å²) >= 11 is 0. The van der Waals surface area contributed by atoms with Gasteiger partial charge in [-0.15, -0.1) is 0 Å². The Morgan fingerprint density at radius 2 is 1.72 bits per heavy atom. The van der Waals surface area contributed by atoms with Crippen LogP contribution < -0.4 is 5.32 Å². The van der Waals surface area contributed by atoms with E-state index in [1.54, 1.807) is 53.7 Å². The molecule has 0 aliphatic heterocycles. The van der Waals surface area contributed by atoms with Crippen molar-refractivity contribution in [3.8, 4) is 11.4 Å². The third-order valence-corrected chi connectivity index (χ3v) is 4.99. The third kappa shape index (κ3) is 4.44. The van der Waals surface area contributed by atoms with Gasteiger partial charge in [0.05, 0.1) is 36.1 Å². The normalized spacial score (nSPS) is 10.7. The van der Waals surface area contributed by atoms with E-state index in [1.165, 1.54) is 6.20 Å². The van der Waals surface area contributed by atoms with Crippen molar-refractivity contribution in [1.29, 1.82) is 0 Å². The zero-order valence-corrected chi connectivity index (χ0v) is 17.9. The number of nitrogens with one attached hydrogen (secondary N) is 1. The Labute approximate surface area is 185 Å². The summed E-state index contributed by atoms with van der Waals surface area (Å²) in [6, 6.07) is 16.8. The first-order valence-electron chi connectivity index (χ1n) is 10.3. The van der Waals surface area contributed by atoms with E-state index in [9.17, 15) is 9.59 Å². The highest BCUT2D eigenvalue weighted by atomic mass is 16.5. The molecule has 0 radical (unpaired) electrons. The van der Waals surface area contributed by atoms with Gasteiger partial charge in [-0.2, -0.15) is 10.2 Å². The van der Waals surface area contributed by atoms with E-state index in [2.05, 4.69) is 15.5 Å². The summed E-state index contributed by atoms with van der Waals surface area (Å²) in [7, 11) is 0. The van der Waals surface area contributed by atoms with Crippen LogP contribution in [0.25, 0.3) is 11.4 Å². The Morgan fingerprint density at radius 1 is 0.969 bits per heavy atom. The molecule has 162 valence electrons. The molecule has 0 unspecified atom stereocenters. The van der Waals surface area contributed by atoms with Gasteiger partial charge in [0, 0.05) is 23.9 Å². The Bertz CT molecular complexity index is 1230. The van der Waals surface area contributed by atoms with E-state index in [-0.39, 0.29) is 5.91 Å². The molecule has 2 heterocycles. The lowest BCUT2D eigenvalue weighted by Crippen LogP contribution is -2.22. The van der Waals surface area contributed by atoms with Crippen molar-refractivity contribution in [1.82, 2.24) is 24.9 Å². The van der Waals surface area contributed by atoms with Crippen molar-refractivity contribution < 1.29 is 14.3 Å². The average molecular weight is 429 g/mol. The zero-order valence-electron chi connectivity index (χ0n) is 17.9. The number of esters is 1. The Balaban J connectivity index is 1.40. The molecule has 0 aliphatic carbocycles. The fourth-order valence-corrected chi connectivity index (χ4v) is 3.29. The van der Waals surface area contributed by atoms with Crippen LogP contribution in [0, 0.1) is 6.92 Å². The summed E-state index contributed by atoms with van der Waals surface area (Å²) in [5.41, 5.74) is 4.23. The van der Waals surface area contributed by atoms with Gasteiger partial charge in [0.1, 0.15) is 5.56 Å². The molecular weight excluding hydrogens is 406 g/mol. The number of amides is 1. The Morgan fingerprint density at radius 3 is 2.44 bits per heavy atom. The monoisotopic (exact) mass is 429 g/mol. The van der Waals surface area contributed by atoms with Crippen LogP contribution in [0.4, 0.5) is 0 Å². The quantitative estimate of drug-likeness (QED) is 0.454. The molecule has 1 N–H and O–H groups in total. The number of para-hydroxylation sites is 1. The maximum Gasteiger partial charge on any atom is 0.341 e. The number of rotatable bonds is 7. The minimum Gasteiger partial charge on any atom is -0.462 e. The van der Waals surface area contributed by atoms with Crippen molar-refractivity contribution in [2.45, 2.75) is 20.4 Å². The van der Waals surface area contributed by atoms with Crippen LogP contribution in [-0.4, -0.2) is 38.0 Å². The fraction of sp³-hybridized carbons (Fsp3) is 0.167. The number of carbonyl (C=O) groups is 2. The first-order chi connectivity index (χ1) is 15.6. The maximum atomic E-state index is 12.6. The maximum absolute atomic E-state index is 12.6. The molecule has 32 heavy (non-hydrogen) atoms. The summed E-state index contributed by atoms with van der Waals surface area (Å²) in [4.78, 5) is 24.5. The van der Waals surface area contributed by atoms with Crippen LogP contribution in [0.2, 0.25) is 0 Å². The summed E-state index contributed by atoms with van der Waals surface area (Å²) in [5.74, 6) is -0.587. The molecule has 4 aromatic rings. The minimum absolute atomic E-state index is 0.187. The largest absolute Gasteiger partial charge is 0.462 e. The van der Waals surface area contributed by atoms with Gasteiger partial charge in [0.2, 0.25) is 0 Å². The van der Waals surface area contributed by atoms with Crippen LogP contribution in [0.5, 0.6) is 0 Å². The average Bonchev–Trinajstić information content (AvgIpc) is 3.45. The first kappa shape index (κ1) is 21.0. The van der Waals surface area contributed by atoms with Crippen LogP contribution in [0.15, 0.2) is 73.2 Å². The first-order valence-corrected chi connectivity index (χ1v) is 10.3. The SMILES string of the molecule is CCOC(=O)c1cnn(-c2ccc(C(=O)NCc3cnn(-c4ccccc4)c3)cc2)c1C. The van der Waals surface area contributed by atoms with E-state index in [1.807, 2.05) is 36.5 Å². The number of benzene rings is 2. The second-order valence-corrected chi connectivity index (χ2v) is 7.13. The van der Waals surface area contributed by atoms with Gasteiger partial charge in [0.25, 0.3) is 5.91 Å². The topological polar surface area (TPSA) is 91.0 Å². The van der Waals surface area contributed by atoms with E-state index in [4.69, 9.17) is 4.74 Å². The van der Waals surface area contributed by atoms with Crippen molar-refractivity contribution in [3.05, 3.63) is 95.6 Å². The smallest absolute Gasteiger partial charge is 0.341 e. The molecule has 0 saturated heterocycles. The fourth-order valence-electron chi connectivity index (χ4n) is 3.29. The predicted molar refractivity (Wildman–Crippen MR) is 119 cm³/mol. The summed E-state index contributed by atoms with van der Waals surface area (Å²) in [6.45, 7) is 4.24. The molecule has 0 bridgehead atoms. The van der Waals surface area contributed by atoms with Crippen molar-refractivity contribution >= 4 is 11.9 Å². The van der Waals surface area contributed by atoms with Gasteiger partial charge in [-0.3, -0.25) is 4.79 Å². The van der Waals surface area contributed by atoms with E-state index < -0.39 is 5.97 Å². The Hall–Kier alpha value is -4.20. The lowest BCUT2D eigenvalue weighted by molar-refractivity contribution is 0.0525. The minimum atomic E-state index is -0.400. The molecule has 0 saturated carbocycles.